The van der Waals surface area contributed by atoms with Crippen molar-refractivity contribution < 1.29 is 4.79 Å². The Balaban J connectivity index is 2.01. The maximum atomic E-state index is 12.0. The van der Waals surface area contributed by atoms with Crippen LogP contribution in [0.2, 0.25) is 0 Å². The molecule has 5 heteroatoms. The van der Waals surface area contributed by atoms with Gasteiger partial charge < -0.3 is 0 Å². The molecule has 1 N–H and O–H groups in total. The highest BCUT2D eigenvalue weighted by Crippen LogP contribution is 2.26. The molecule has 0 aliphatic rings. The highest BCUT2D eigenvalue weighted by atomic mass is 79.9. The molecule has 0 radical (unpaired) electrons. The molecule has 0 saturated heterocycles. The summed E-state index contributed by atoms with van der Waals surface area (Å²) < 4.78 is 1.07. The molecule has 0 bridgehead atoms. The lowest BCUT2D eigenvalue weighted by molar-refractivity contribution is -0.120. The van der Waals surface area contributed by atoms with E-state index in [-0.39, 0.29) is 5.91 Å². The van der Waals surface area contributed by atoms with Gasteiger partial charge >= 0.3 is 0 Å². The van der Waals surface area contributed by atoms with Gasteiger partial charge in [-0.15, -0.1) is 11.3 Å². The first-order valence-corrected chi connectivity index (χ1v) is 8.63. The van der Waals surface area contributed by atoms with Gasteiger partial charge in [0.05, 0.1) is 17.0 Å². The molecule has 0 fully saturated rings. The summed E-state index contributed by atoms with van der Waals surface area (Å²) >= 11 is 5.14. The summed E-state index contributed by atoms with van der Waals surface area (Å²) in [5.41, 5.74) is 6.82. The fourth-order valence-electron chi connectivity index (χ4n) is 2.10. The minimum absolute atomic E-state index is 0.0985. The van der Waals surface area contributed by atoms with Crippen molar-refractivity contribution in [1.29, 1.82) is 0 Å². The van der Waals surface area contributed by atoms with Crippen LogP contribution in [0.1, 0.15) is 33.4 Å². The predicted octanol–water partition coefficient (Wildman–Crippen LogP) is 4.52. The number of nitrogens with zero attached hydrogens (tertiary/aromatic N) is 1. The van der Waals surface area contributed by atoms with Crippen LogP contribution in [0.3, 0.4) is 0 Å². The van der Waals surface area contributed by atoms with Crippen LogP contribution in [0.5, 0.6) is 0 Å². The topological polar surface area (TPSA) is 41.5 Å². The third-order valence-electron chi connectivity index (χ3n) is 3.41. The Kier molecular flexibility index (Phi) is 5.53. The molecule has 0 atom stereocenters. The molecule has 0 aliphatic carbocycles. The fraction of sp³-hybridized carbons (Fsp3) is 0.294. The van der Waals surface area contributed by atoms with Crippen LogP contribution in [0.15, 0.2) is 33.8 Å². The second-order valence-corrected chi connectivity index (χ2v) is 7.46. The second kappa shape index (κ2) is 7.20. The van der Waals surface area contributed by atoms with E-state index in [0.717, 1.165) is 26.2 Å². The summed E-state index contributed by atoms with van der Waals surface area (Å²) in [5.74, 6) is -0.0985. The molecule has 0 aliphatic heterocycles. The Morgan fingerprint density at radius 1 is 1.27 bits per heavy atom. The van der Waals surface area contributed by atoms with Gasteiger partial charge in [-0.1, -0.05) is 23.8 Å². The molecule has 1 amide bonds. The van der Waals surface area contributed by atoms with E-state index in [2.05, 4.69) is 32.5 Å². The Morgan fingerprint density at radius 2 is 2.00 bits per heavy atom. The zero-order valence-electron chi connectivity index (χ0n) is 13.2. The molecule has 3 nitrogen and oxygen atoms in total. The number of halogens is 1. The van der Waals surface area contributed by atoms with E-state index in [0.29, 0.717) is 6.42 Å². The van der Waals surface area contributed by atoms with E-state index in [1.165, 1.54) is 10.4 Å². The Bertz CT molecular complexity index is 715. The van der Waals surface area contributed by atoms with Gasteiger partial charge in [0, 0.05) is 9.35 Å². The van der Waals surface area contributed by atoms with Gasteiger partial charge in [-0.25, -0.2) is 5.43 Å². The Morgan fingerprint density at radius 3 is 2.59 bits per heavy atom. The molecule has 0 saturated carbocycles. The first-order valence-electron chi connectivity index (χ1n) is 7.02. The molecule has 1 aromatic heterocycles. The molecule has 0 unspecified atom stereocenters. The molecular formula is C17H19BrN2OS. The normalized spacial score (nSPS) is 11.6. The van der Waals surface area contributed by atoms with Crippen molar-refractivity contribution in [3.8, 4) is 0 Å². The van der Waals surface area contributed by atoms with Gasteiger partial charge in [-0.05, 0) is 60.8 Å². The van der Waals surface area contributed by atoms with Gasteiger partial charge in [0.1, 0.15) is 0 Å². The average Bonchev–Trinajstić information content (AvgIpc) is 2.79. The summed E-state index contributed by atoms with van der Waals surface area (Å²) in [6, 6.07) is 8.13. The van der Waals surface area contributed by atoms with Crippen molar-refractivity contribution in [2.45, 2.75) is 34.1 Å². The molecule has 2 rings (SSSR count). The smallest absolute Gasteiger partial charge is 0.244 e. The van der Waals surface area contributed by atoms with Crippen molar-refractivity contribution in [2.24, 2.45) is 5.10 Å². The molecular weight excluding hydrogens is 360 g/mol. The molecule has 2 aromatic rings. The predicted molar refractivity (Wildman–Crippen MR) is 96.7 cm³/mol. The summed E-state index contributed by atoms with van der Waals surface area (Å²) in [5, 5.41) is 4.20. The lowest BCUT2D eigenvalue weighted by Gasteiger charge is -2.06. The number of rotatable bonds is 4. The number of nitrogens with one attached hydrogen (secondary N) is 1. The number of carbonyl (C=O) groups excluding carboxylic acids is 1. The van der Waals surface area contributed by atoms with E-state index in [1.807, 2.05) is 45.9 Å². The third kappa shape index (κ3) is 4.27. The lowest BCUT2D eigenvalue weighted by Crippen LogP contribution is -2.21. The van der Waals surface area contributed by atoms with E-state index < -0.39 is 0 Å². The number of aryl methyl sites for hydroxylation is 3. The van der Waals surface area contributed by atoms with Gasteiger partial charge in [0.15, 0.2) is 0 Å². The number of amides is 1. The molecule has 1 heterocycles. The third-order valence-corrected chi connectivity index (χ3v) is 5.66. The Hall–Kier alpha value is -1.46. The fourth-order valence-corrected chi connectivity index (χ4v) is 3.58. The van der Waals surface area contributed by atoms with Crippen LogP contribution < -0.4 is 5.43 Å². The number of hydrogen-bond donors (Lipinski definition) is 1. The summed E-state index contributed by atoms with van der Waals surface area (Å²) in [6.07, 6.45) is 0.343. The van der Waals surface area contributed by atoms with E-state index in [4.69, 9.17) is 0 Å². The Labute approximate surface area is 143 Å². The quantitative estimate of drug-likeness (QED) is 0.616. The number of benzene rings is 1. The maximum Gasteiger partial charge on any atom is 0.244 e. The number of carbonyl (C=O) groups is 1. The van der Waals surface area contributed by atoms with Crippen LogP contribution in [-0.4, -0.2) is 11.6 Å². The number of thiophene rings is 1. The monoisotopic (exact) mass is 378 g/mol. The summed E-state index contributed by atoms with van der Waals surface area (Å²) in [6.45, 7) is 8.02. The first kappa shape index (κ1) is 16.9. The molecule has 1 aromatic carbocycles. The average molecular weight is 379 g/mol. The van der Waals surface area contributed by atoms with E-state index in [9.17, 15) is 4.79 Å². The van der Waals surface area contributed by atoms with Crippen molar-refractivity contribution in [3.63, 3.8) is 0 Å². The highest BCUT2D eigenvalue weighted by molar-refractivity contribution is 9.10. The van der Waals surface area contributed by atoms with Crippen molar-refractivity contribution in [3.05, 3.63) is 55.2 Å². The van der Waals surface area contributed by atoms with Gasteiger partial charge in [-0.3, -0.25) is 4.79 Å². The highest BCUT2D eigenvalue weighted by Gasteiger charge is 2.08. The van der Waals surface area contributed by atoms with Crippen molar-refractivity contribution in [2.75, 3.05) is 0 Å². The van der Waals surface area contributed by atoms with Crippen molar-refractivity contribution in [1.82, 2.24) is 5.43 Å². The number of hydrogen-bond acceptors (Lipinski definition) is 3. The SMILES string of the molecule is C/C(=N/NC(=O)Cc1ccc(C)cc1C)c1cc(Br)c(C)s1. The standard InChI is InChI=1S/C17H19BrN2OS/c1-10-5-6-14(11(2)7-10)8-17(21)20-19-12(3)16-9-15(18)13(4)22-16/h5-7,9H,8H2,1-4H3,(H,20,21)/b19-12-. The van der Waals surface area contributed by atoms with Gasteiger partial charge in [0.2, 0.25) is 5.91 Å². The largest absolute Gasteiger partial charge is 0.273 e. The zero-order chi connectivity index (χ0) is 16.3. The maximum absolute atomic E-state index is 12.0. The molecule has 116 valence electrons. The van der Waals surface area contributed by atoms with Crippen LogP contribution in [-0.2, 0) is 11.2 Å². The molecule has 22 heavy (non-hydrogen) atoms. The zero-order valence-corrected chi connectivity index (χ0v) is 15.6. The van der Waals surface area contributed by atoms with Crippen molar-refractivity contribution >= 4 is 38.9 Å². The van der Waals surface area contributed by atoms with Gasteiger partial charge in [0.25, 0.3) is 0 Å². The van der Waals surface area contributed by atoms with E-state index in [1.54, 1.807) is 11.3 Å². The second-order valence-electron chi connectivity index (χ2n) is 5.35. The van der Waals surface area contributed by atoms with E-state index >= 15 is 0 Å². The lowest BCUT2D eigenvalue weighted by atomic mass is 10.0. The first-order chi connectivity index (χ1) is 10.4. The minimum Gasteiger partial charge on any atom is -0.273 e. The van der Waals surface area contributed by atoms with Crippen LogP contribution in [0.4, 0.5) is 0 Å². The van der Waals surface area contributed by atoms with Crippen LogP contribution in [0, 0.1) is 20.8 Å². The van der Waals surface area contributed by atoms with Crippen LogP contribution in [0.25, 0.3) is 0 Å². The van der Waals surface area contributed by atoms with Gasteiger partial charge in [-0.2, -0.15) is 5.10 Å². The minimum atomic E-state index is -0.0985. The summed E-state index contributed by atoms with van der Waals surface area (Å²) in [4.78, 5) is 14.3. The van der Waals surface area contributed by atoms with Crippen LogP contribution >= 0.6 is 27.3 Å². The molecule has 0 spiro atoms. The number of hydrazone groups is 1. The summed E-state index contributed by atoms with van der Waals surface area (Å²) in [7, 11) is 0.